The Morgan fingerprint density at radius 1 is 1.42 bits per heavy atom. The van der Waals surface area contributed by atoms with Crippen LogP contribution in [0.1, 0.15) is 38.2 Å². The predicted molar refractivity (Wildman–Crippen MR) is 83.8 cm³/mol. The molecule has 0 radical (unpaired) electrons. The third-order valence-electron chi connectivity index (χ3n) is 3.72. The molecule has 0 aliphatic carbocycles. The summed E-state index contributed by atoms with van der Waals surface area (Å²) in [5, 5.41) is 3.46. The van der Waals surface area contributed by atoms with E-state index in [1.807, 2.05) is 0 Å². The van der Waals surface area contributed by atoms with E-state index >= 15 is 0 Å². The lowest BCUT2D eigenvalue weighted by Gasteiger charge is -2.22. The fourth-order valence-corrected chi connectivity index (χ4v) is 3.07. The van der Waals surface area contributed by atoms with Crippen LogP contribution in [0.15, 0.2) is 22.7 Å². The van der Waals surface area contributed by atoms with E-state index in [4.69, 9.17) is 4.74 Å². The number of ether oxygens (including phenoxy) is 1. The molecule has 1 aliphatic rings. The van der Waals surface area contributed by atoms with Gasteiger partial charge in [-0.1, -0.05) is 29.3 Å². The van der Waals surface area contributed by atoms with E-state index < -0.39 is 0 Å². The molecule has 106 valence electrons. The first-order chi connectivity index (χ1) is 9.29. The van der Waals surface area contributed by atoms with Gasteiger partial charge in [-0.25, -0.2) is 0 Å². The van der Waals surface area contributed by atoms with E-state index in [1.54, 1.807) is 0 Å². The minimum Gasteiger partial charge on any atom is -0.493 e. The first kappa shape index (κ1) is 14.9. The molecule has 2 rings (SSSR count). The number of hydrogen-bond acceptors (Lipinski definition) is 2. The van der Waals surface area contributed by atoms with Gasteiger partial charge in [0.2, 0.25) is 0 Å². The smallest absolute Gasteiger partial charge is 0.122 e. The number of halogens is 1. The molecule has 1 aliphatic heterocycles. The number of hydrogen-bond donors (Lipinski definition) is 1. The van der Waals surface area contributed by atoms with Crippen LogP contribution in [-0.2, 0) is 6.42 Å². The number of aryl methyl sites for hydroxylation is 1. The summed E-state index contributed by atoms with van der Waals surface area (Å²) in [5.41, 5.74) is 1.32. The molecule has 3 heteroatoms. The number of piperidine rings is 1. The summed E-state index contributed by atoms with van der Waals surface area (Å²) in [7, 11) is 0. The molecule has 19 heavy (non-hydrogen) atoms. The van der Waals surface area contributed by atoms with Crippen LogP contribution in [0.5, 0.6) is 5.75 Å². The summed E-state index contributed by atoms with van der Waals surface area (Å²) in [5.74, 6) is 1.85. The molecule has 1 heterocycles. The van der Waals surface area contributed by atoms with Crippen molar-refractivity contribution in [2.24, 2.45) is 5.92 Å². The van der Waals surface area contributed by atoms with Gasteiger partial charge >= 0.3 is 0 Å². The Labute approximate surface area is 125 Å². The molecule has 0 saturated carbocycles. The van der Waals surface area contributed by atoms with Gasteiger partial charge < -0.3 is 10.1 Å². The third-order valence-corrected chi connectivity index (χ3v) is 4.22. The van der Waals surface area contributed by atoms with Gasteiger partial charge in [0, 0.05) is 4.47 Å². The largest absolute Gasteiger partial charge is 0.493 e. The molecule has 1 aromatic carbocycles. The lowest BCUT2D eigenvalue weighted by Crippen LogP contribution is -2.30. The Hall–Kier alpha value is -0.540. The van der Waals surface area contributed by atoms with Crippen molar-refractivity contribution in [2.75, 3.05) is 19.7 Å². The highest BCUT2D eigenvalue weighted by molar-refractivity contribution is 9.10. The van der Waals surface area contributed by atoms with Crippen LogP contribution in [0, 0.1) is 5.92 Å². The predicted octanol–water partition coefficient (Wildman–Crippen LogP) is 4.17. The van der Waals surface area contributed by atoms with Crippen LogP contribution >= 0.6 is 15.9 Å². The van der Waals surface area contributed by atoms with Gasteiger partial charge in [-0.3, -0.25) is 0 Å². The fourth-order valence-electron chi connectivity index (χ4n) is 2.66. The van der Waals surface area contributed by atoms with E-state index in [2.05, 4.69) is 46.4 Å². The third kappa shape index (κ3) is 4.81. The summed E-state index contributed by atoms with van der Waals surface area (Å²) in [6.07, 6.45) is 6.05. The molecule has 0 spiro atoms. The number of nitrogens with one attached hydrogen (secondary N) is 1. The van der Waals surface area contributed by atoms with Gasteiger partial charge in [0.15, 0.2) is 0 Å². The van der Waals surface area contributed by atoms with E-state index in [9.17, 15) is 0 Å². The molecule has 0 aromatic heterocycles. The van der Waals surface area contributed by atoms with Crippen LogP contribution < -0.4 is 10.1 Å². The molecule has 0 bridgehead atoms. The SMILES string of the molecule is CCCc1cc(Br)ccc1OCC[C@@H]1CCCNC1. The van der Waals surface area contributed by atoms with Crippen molar-refractivity contribution >= 4 is 15.9 Å². The molecule has 0 unspecified atom stereocenters. The molecule has 1 atom stereocenters. The monoisotopic (exact) mass is 325 g/mol. The van der Waals surface area contributed by atoms with Gasteiger partial charge in [0.1, 0.15) is 5.75 Å². The molecular formula is C16H24BrNO. The number of rotatable bonds is 6. The van der Waals surface area contributed by atoms with E-state index in [0.717, 1.165) is 48.6 Å². The Morgan fingerprint density at radius 2 is 2.32 bits per heavy atom. The topological polar surface area (TPSA) is 21.3 Å². The van der Waals surface area contributed by atoms with E-state index in [1.165, 1.54) is 24.9 Å². The van der Waals surface area contributed by atoms with E-state index in [-0.39, 0.29) is 0 Å². The fraction of sp³-hybridized carbons (Fsp3) is 0.625. The Balaban J connectivity index is 1.84. The van der Waals surface area contributed by atoms with Crippen LogP contribution in [0.25, 0.3) is 0 Å². The van der Waals surface area contributed by atoms with Crippen molar-refractivity contribution < 1.29 is 4.74 Å². The molecule has 1 aromatic rings. The maximum Gasteiger partial charge on any atom is 0.122 e. The van der Waals surface area contributed by atoms with Crippen LogP contribution in [0.3, 0.4) is 0 Å². The Bertz CT molecular complexity index is 388. The maximum atomic E-state index is 6.00. The van der Waals surface area contributed by atoms with Crippen LogP contribution in [0.2, 0.25) is 0 Å². The quantitative estimate of drug-likeness (QED) is 0.847. The van der Waals surface area contributed by atoms with Gasteiger partial charge in [-0.05, 0) is 68.5 Å². The zero-order chi connectivity index (χ0) is 13.5. The Morgan fingerprint density at radius 3 is 3.05 bits per heavy atom. The average Bonchev–Trinajstić information content (AvgIpc) is 2.43. The van der Waals surface area contributed by atoms with Crippen molar-refractivity contribution in [3.63, 3.8) is 0 Å². The average molecular weight is 326 g/mol. The molecule has 2 nitrogen and oxygen atoms in total. The molecule has 1 saturated heterocycles. The zero-order valence-electron chi connectivity index (χ0n) is 11.8. The summed E-state index contributed by atoms with van der Waals surface area (Å²) in [4.78, 5) is 0. The number of benzene rings is 1. The normalized spacial score (nSPS) is 19.4. The lowest BCUT2D eigenvalue weighted by atomic mass is 9.97. The molecule has 1 N–H and O–H groups in total. The van der Waals surface area contributed by atoms with Crippen molar-refractivity contribution in [1.82, 2.24) is 5.32 Å². The van der Waals surface area contributed by atoms with Crippen LogP contribution in [-0.4, -0.2) is 19.7 Å². The first-order valence-corrected chi connectivity index (χ1v) is 8.21. The van der Waals surface area contributed by atoms with Crippen molar-refractivity contribution in [3.05, 3.63) is 28.2 Å². The summed E-state index contributed by atoms with van der Waals surface area (Å²) >= 11 is 3.53. The highest BCUT2D eigenvalue weighted by Gasteiger charge is 2.13. The van der Waals surface area contributed by atoms with Gasteiger partial charge in [0.25, 0.3) is 0 Å². The second-order valence-corrected chi connectivity index (χ2v) is 6.27. The summed E-state index contributed by atoms with van der Waals surface area (Å²) in [6.45, 7) is 5.39. The minimum atomic E-state index is 0.791. The van der Waals surface area contributed by atoms with Gasteiger partial charge in [-0.15, -0.1) is 0 Å². The van der Waals surface area contributed by atoms with Crippen molar-refractivity contribution in [1.29, 1.82) is 0 Å². The summed E-state index contributed by atoms with van der Waals surface area (Å²) in [6, 6.07) is 6.34. The van der Waals surface area contributed by atoms with Crippen LogP contribution in [0.4, 0.5) is 0 Å². The van der Waals surface area contributed by atoms with Crippen molar-refractivity contribution in [3.8, 4) is 5.75 Å². The summed E-state index contributed by atoms with van der Waals surface area (Å²) < 4.78 is 7.14. The second kappa shape index (κ2) is 7.91. The second-order valence-electron chi connectivity index (χ2n) is 5.35. The Kier molecular flexibility index (Phi) is 6.18. The zero-order valence-corrected chi connectivity index (χ0v) is 13.3. The van der Waals surface area contributed by atoms with Gasteiger partial charge in [-0.2, -0.15) is 0 Å². The first-order valence-electron chi connectivity index (χ1n) is 7.41. The highest BCUT2D eigenvalue weighted by Crippen LogP contribution is 2.25. The van der Waals surface area contributed by atoms with E-state index in [0.29, 0.717) is 0 Å². The minimum absolute atomic E-state index is 0.791. The molecular weight excluding hydrogens is 302 g/mol. The highest BCUT2D eigenvalue weighted by atomic mass is 79.9. The molecule has 0 amide bonds. The van der Waals surface area contributed by atoms with Crippen molar-refractivity contribution in [2.45, 2.75) is 39.0 Å². The lowest BCUT2D eigenvalue weighted by molar-refractivity contribution is 0.252. The maximum absolute atomic E-state index is 6.00. The van der Waals surface area contributed by atoms with Gasteiger partial charge in [0.05, 0.1) is 6.61 Å². The molecule has 1 fully saturated rings. The standard InChI is InChI=1S/C16H24BrNO/c1-2-4-14-11-15(17)6-7-16(14)19-10-8-13-5-3-9-18-12-13/h6-7,11,13,18H,2-5,8-10,12H2,1H3/t13-/m0/s1.